The molecule has 0 unspecified atom stereocenters. The highest BCUT2D eigenvalue weighted by Crippen LogP contribution is 2.19. The molecule has 0 spiro atoms. The zero-order chi connectivity index (χ0) is 12.0. The van der Waals surface area contributed by atoms with Crippen LogP contribution in [0.3, 0.4) is 0 Å². The fourth-order valence-electron chi connectivity index (χ4n) is 1.19. The second kappa shape index (κ2) is 6.59. The molecule has 0 aliphatic carbocycles. The number of esters is 1. The molecule has 0 saturated carbocycles. The Labute approximate surface area is 101 Å². The predicted octanol–water partition coefficient (Wildman–Crippen LogP) is 3.75. The van der Waals surface area contributed by atoms with Crippen molar-refractivity contribution in [3.8, 4) is 0 Å². The van der Waals surface area contributed by atoms with Crippen molar-refractivity contribution in [2.45, 2.75) is 38.2 Å². The van der Waals surface area contributed by atoms with Gasteiger partial charge in [-0.2, -0.15) is 0 Å². The van der Waals surface area contributed by atoms with Crippen molar-refractivity contribution in [1.29, 1.82) is 0 Å². The van der Waals surface area contributed by atoms with Crippen LogP contribution in [0.4, 0.5) is 0 Å². The van der Waals surface area contributed by atoms with Gasteiger partial charge in [0.1, 0.15) is 0 Å². The van der Waals surface area contributed by atoms with Crippen molar-refractivity contribution in [3.05, 3.63) is 29.8 Å². The van der Waals surface area contributed by atoms with Crippen LogP contribution >= 0.6 is 11.8 Å². The van der Waals surface area contributed by atoms with E-state index in [9.17, 15) is 4.79 Å². The van der Waals surface area contributed by atoms with E-state index in [0.29, 0.717) is 5.56 Å². The van der Waals surface area contributed by atoms with Gasteiger partial charge in [-0.15, -0.1) is 11.8 Å². The molecule has 0 N–H and O–H groups in total. The predicted molar refractivity (Wildman–Crippen MR) is 68.0 cm³/mol. The van der Waals surface area contributed by atoms with Gasteiger partial charge in [-0.1, -0.05) is 6.92 Å². The summed E-state index contributed by atoms with van der Waals surface area (Å²) in [5.74, 6) is 0.859. The van der Waals surface area contributed by atoms with Gasteiger partial charge in [0.15, 0.2) is 0 Å². The Morgan fingerprint density at radius 3 is 2.44 bits per heavy atom. The number of hydrogen-bond donors (Lipinski definition) is 0. The Kier molecular flexibility index (Phi) is 5.39. The molecular formula is C13H18O2S. The Hall–Kier alpha value is -0.960. The van der Waals surface area contributed by atoms with Crippen LogP contribution in [-0.4, -0.2) is 17.8 Å². The fourth-order valence-corrected chi connectivity index (χ4v) is 1.96. The van der Waals surface area contributed by atoms with Gasteiger partial charge in [0.05, 0.1) is 11.7 Å². The monoisotopic (exact) mass is 238 g/mol. The number of carbonyl (C=O) groups excluding carboxylic acids is 1. The lowest BCUT2D eigenvalue weighted by Crippen LogP contribution is -2.11. The molecule has 3 heteroatoms. The Morgan fingerprint density at radius 1 is 1.31 bits per heavy atom. The summed E-state index contributed by atoms with van der Waals surface area (Å²) in [6, 6.07) is 7.58. The van der Waals surface area contributed by atoms with Crippen LogP contribution in [0, 0.1) is 0 Å². The molecule has 0 fully saturated rings. The third-order valence-electron chi connectivity index (χ3n) is 1.91. The highest BCUT2D eigenvalue weighted by molar-refractivity contribution is 7.99. The molecule has 0 amide bonds. The van der Waals surface area contributed by atoms with Gasteiger partial charge in [0, 0.05) is 4.90 Å². The topological polar surface area (TPSA) is 26.3 Å². The van der Waals surface area contributed by atoms with E-state index in [1.54, 1.807) is 11.8 Å². The van der Waals surface area contributed by atoms with Crippen LogP contribution < -0.4 is 0 Å². The minimum absolute atomic E-state index is 0.0679. The van der Waals surface area contributed by atoms with Crippen molar-refractivity contribution < 1.29 is 9.53 Å². The summed E-state index contributed by atoms with van der Waals surface area (Å²) in [7, 11) is 0. The normalized spacial score (nSPS) is 10.5. The van der Waals surface area contributed by atoms with Gasteiger partial charge in [-0.25, -0.2) is 4.79 Å². The number of benzene rings is 1. The average Bonchev–Trinajstić information content (AvgIpc) is 2.26. The van der Waals surface area contributed by atoms with Gasteiger partial charge >= 0.3 is 5.97 Å². The summed E-state index contributed by atoms with van der Waals surface area (Å²) < 4.78 is 5.11. The number of ether oxygens (including phenoxy) is 1. The van der Waals surface area contributed by atoms with E-state index in [1.165, 1.54) is 4.90 Å². The van der Waals surface area contributed by atoms with Gasteiger partial charge in [0.2, 0.25) is 0 Å². The molecule has 0 atom stereocenters. The molecule has 0 radical (unpaired) electrons. The van der Waals surface area contributed by atoms with E-state index < -0.39 is 0 Å². The largest absolute Gasteiger partial charge is 0.459 e. The molecule has 0 aliphatic rings. The first kappa shape index (κ1) is 13.1. The first-order valence-corrected chi connectivity index (χ1v) is 6.56. The fraction of sp³-hybridized carbons (Fsp3) is 0.462. The second-order valence-corrected chi connectivity index (χ2v) is 5.00. The molecule has 0 saturated heterocycles. The molecule has 0 aromatic heterocycles. The molecule has 0 heterocycles. The quantitative estimate of drug-likeness (QED) is 0.577. The van der Waals surface area contributed by atoms with Crippen LogP contribution in [0.1, 0.15) is 37.6 Å². The van der Waals surface area contributed by atoms with E-state index in [2.05, 4.69) is 6.92 Å². The van der Waals surface area contributed by atoms with Crippen LogP contribution in [0.2, 0.25) is 0 Å². The number of hydrogen-bond acceptors (Lipinski definition) is 3. The van der Waals surface area contributed by atoms with Crippen molar-refractivity contribution in [3.63, 3.8) is 0 Å². The lowest BCUT2D eigenvalue weighted by molar-refractivity contribution is 0.0378. The van der Waals surface area contributed by atoms with Gasteiger partial charge < -0.3 is 4.74 Å². The number of thioether (sulfide) groups is 1. The zero-order valence-electron chi connectivity index (χ0n) is 10.0. The van der Waals surface area contributed by atoms with Crippen molar-refractivity contribution in [1.82, 2.24) is 0 Å². The molecule has 2 nitrogen and oxygen atoms in total. The Morgan fingerprint density at radius 2 is 1.94 bits per heavy atom. The van der Waals surface area contributed by atoms with Crippen molar-refractivity contribution >= 4 is 17.7 Å². The average molecular weight is 238 g/mol. The Balaban J connectivity index is 2.60. The molecule has 0 bridgehead atoms. The second-order valence-electron chi connectivity index (χ2n) is 3.83. The third-order valence-corrected chi connectivity index (χ3v) is 3.12. The molecule has 88 valence electrons. The van der Waals surface area contributed by atoms with Gasteiger partial charge in [-0.3, -0.25) is 0 Å². The lowest BCUT2D eigenvalue weighted by Gasteiger charge is -2.08. The number of rotatable bonds is 5. The summed E-state index contributed by atoms with van der Waals surface area (Å²) in [5, 5.41) is 0. The SMILES string of the molecule is CCCSc1ccc(C(=O)OC(C)C)cc1. The summed E-state index contributed by atoms with van der Waals surface area (Å²) >= 11 is 1.80. The molecular weight excluding hydrogens is 220 g/mol. The summed E-state index contributed by atoms with van der Waals surface area (Å²) in [6.45, 7) is 5.86. The maximum Gasteiger partial charge on any atom is 0.338 e. The zero-order valence-corrected chi connectivity index (χ0v) is 10.8. The first-order chi connectivity index (χ1) is 7.63. The smallest absolute Gasteiger partial charge is 0.338 e. The molecule has 16 heavy (non-hydrogen) atoms. The van der Waals surface area contributed by atoms with E-state index in [1.807, 2.05) is 38.1 Å². The van der Waals surface area contributed by atoms with Crippen molar-refractivity contribution in [2.24, 2.45) is 0 Å². The maximum atomic E-state index is 11.6. The first-order valence-electron chi connectivity index (χ1n) is 5.57. The molecule has 1 aromatic rings. The van der Waals surface area contributed by atoms with E-state index >= 15 is 0 Å². The van der Waals surface area contributed by atoms with Crippen LogP contribution in [0.5, 0.6) is 0 Å². The lowest BCUT2D eigenvalue weighted by atomic mass is 10.2. The van der Waals surface area contributed by atoms with E-state index in [0.717, 1.165) is 12.2 Å². The highest BCUT2D eigenvalue weighted by Gasteiger charge is 2.08. The molecule has 0 aliphatic heterocycles. The highest BCUT2D eigenvalue weighted by atomic mass is 32.2. The van der Waals surface area contributed by atoms with Gasteiger partial charge in [0.25, 0.3) is 0 Å². The molecule has 1 rings (SSSR count). The molecule has 1 aromatic carbocycles. The number of carbonyl (C=O) groups is 1. The van der Waals surface area contributed by atoms with Gasteiger partial charge in [-0.05, 0) is 50.3 Å². The van der Waals surface area contributed by atoms with Crippen LogP contribution in [0.15, 0.2) is 29.2 Å². The third kappa shape index (κ3) is 4.27. The minimum atomic E-state index is -0.248. The van der Waals surface area contributed by atoms with Crippen LogP contribution in [-0.2, 0) is 4.74 Å². The maximum absolute atomic E-state index is 11.6. The minimum Gasteiger partial charge on any atom is -0.459 e. The Bertz CT molecular complexity index is 330. The van der Waals surface area contributed by atoms with Crippen LogP contribution in [0.25, 0.3) is 0 Å². The summed E-state index contributed by atoms with van der Waals surface area (Å²) in [5.41, 5.74) is 0.620. The van der Waals surface area contributed by atoms with Crippen molar-refractivity contribution in [2.75, 3.05) is 5.75 Å². The summed E-state index contributed by atoms with van der Waals surface area (Å²) in [4.78, 5) is 12.7. The standard InChI is InChI=1S/C13H18O2S/c1-4-9-16-12-7-5-11(6-8-12)13(14)15-10(2)3/h5-8,10H,4,9H2,1-3H3. The van der Waals surface area contributed by atoms with E-state index in [-0.39, 0.29) is 12.1 Å². The van der Waals surface area contributed by atoms with E-state index in [4.69, 9.17) is 4.74 Å². The summed E-state index contributed by atoms with van der Waals surface area (Å²) in [6.07, 6.45) is 1.09.